The molecule has 2 aromatic carbocycles. The second kappa shape index (κ2) is 13.1. The van der Waals surface area contributed by atoms with Crippen LogP contribution in [0.1, 0.15) is 43.5 Å². The van der Waals surface area contributed by atoms with Crippen molar-refractivity contribution in [3.05, 3.63) is 48.0 Å². The lowest BCUT2D eigenvalue weighted by molar-refractivity contribution is -0.122. The number of amides is 2. The summed E-state index contributed by atoms with van der Waals surface area (Å²) >= 11 is 0. The summed E-state index contributed by atoms with van der Waals surface area (Å²) in [7, 11) is 3.12. The van der Waals surface area contributed by atoms with E-state index >= 15 is 0 Å². The van der Waals surface area contributed by atoms with Crippen LogP contribution in [0, 0.1) is 5.92 Å². The van der Waals surface area contributed by atoms with Crippen LogP contribution in [0.4, 0.5) is 0 Å². The normalized spacial score (nSPS) is 10.4. The van der Waals surface area contributed by atoms with Gasteiger partial charge in [0.1, 0.15) is 11.5 Å². The highest BCUT2D eigenvalue weighted by molar-refractivity contribution is 5.96. The second-order valence-corrected chi connectivity index (χ2v) is 7.53. The Labute approximate surface area is 189 Å². The van der Waals surface area contributed by atoms with Gasteiger partial charge >= 0.3 is 0 Å². The van der Waals surface area contributed by atoms with Crippen LogP contribution in [0.25, 0.3) is 0 Å². The van der Waals surface area contributed by atoms with E-state index in [-0.39, 0.29) is 12.3 Å². The predicted molar refractivity (Wildman–Crippen MR) is 121 cm³/mol. The number of rotatable bonds is 12. The molecule has 8 nitrogen and oxygen atoms in total. The standard InChI is InChI=1S/C24H32N2O6/c1-17(2)13-15-32-21-12-7-18(16-22(21)30-4)24(28)26-25-23(27)6-5-14-31-20-10-8-19(29-3)9-11-20/h7-12,16-17H,5-6,13-15H2,1-4H3,(H,25,27)(H,26,28). The van der Waals surface area contributed by atoms with E-state index < -0.39 is 5.91 Å². The second-order valence-electron chi connectivity index (χ2n) is 7.53. The number of hydrazine groups is 1. The zero-order valence-corrected chi connectivity index (χ0v) is 19.1. The maximum Gasteiger partial charge on any atom is 0.269 e. The summed E-state index contributed by atoms with van der Waals surface area (Å²) in [6, 6.07) is 12.1. The van der Waals surface area contributed by atoms with Gasteiger partial charge in [0.05, 0.1) is 27.4 Å². The summed E-state index contributed by atoms with van der Waals surface area (Å²) in [6.07, 6.45) is 1.63. The van der Waals surface area contributed by atoms with Crippen molar-refractivity contribution < 1.29 is 28.5 Å². The van der Waals surface area contributed by atoms with Crippen molar-refractivity contribution in [2.24, 2.45) is 5.92 Å². The lowest BCUT2D eigenvalue weighted by Gasteiger charge is -2.13. The van der Waals surface area contributed by atoms with Crippen molar-refractivity contribution in [2.45, 2.75) is 33.1 Å². The molecule has 0 saturated heterocycles. The minimum atomic E-state index is -0.445. The zero-order valence-electron chi connectivity index (χ0n) is 19.1. The maximum absolute atomic E-state index is 12.3. The van der Waals surface area contributed by atoms with Crippen molar-refractivity contribution >= 4 is 11.8 Å². The van der Waals surface area contributed by atoms with Crippen molar-refractivity contribution in [1.29, 1.82) is 0 Å². The highest BCUT2D eigenvalue weighted by atomic mass is 16.5. The Morgan fingerprint density at radius 1 is 0.844 bits per heavy atom. The highest BCUT2D eigenvalue weighted by Crippen LogP contribution is 2.28. The molecule has 0 saturated carbocycles. The van der Waals surface area contributed by atoms with Crippen LogP contribution in [0.15, 0.2) is 42.5 Å². The minimum Gasteiger partial charge on any atom is -0.497 e. The van der Waals surface area contributed by atoms with Crippen LogP contribution in [0.5, 0.6) is 23.0 Å². The number of nitrogens with one attached hydrogen (secondary N) is 2. The smallest absolute Gasteiger partial charge is 0.269 e. The molecular weight excluding hydrogens is 412 g/mol. The number of ether oxygens (including phenoxy) is 4. The van der Waals surface area contributed by atoms with E-state index in [0.29, 0.717) is 48.4 Å². The third-order valence-corrected chi connectivity index (χ3v) is 4.57. The maximum atomic E-state index is 12.3. The molecule has 174 valence electrons. The number of methoxy groups -OCH3 is 2. The van der Waals surface area contributed by atoms with Crippen LogP contribution >= 0.6 is 0 Å². The van der Waals surface area contributed by atoms with Crippen LogP contribution in [0.2, 0.25) is 0 Å². The molecule has 0 fully saturated rings. The van der Waals surface area contributed by atoms with E-state index in [0.717, 1.165) is 12.2 Å². The average Bonchev–Trinajstić information content (AvgIpc) is 2.80. The quantitative estimate of drug-likeness (QED) is 0.382. The molecule has 2 N–H and O–H groups in total. The van der Waals surface area contributed by atoms with Crippen LogP contribution < -0.4 is 29.8 Å². The molecule has 32 heavy (non-hydrogen) atoms. The third kappa shape index (κ3) is 8.37. The predicted octanol–water partition coefficient (Wildman–Crippen LogP) is 3.75. The molecule has 2 rings (SSSR count). The van der Waals surface area contributed by atoms with Gasteiger partial charge in [0.2, 0.25) is 5.91 Å². The molecule has 0 atom stereocenters. The molecule has 8 heteroatoms. The first-order valence-electron chi connectivity index (χ1n) is 10.6. The van der Waals surface area contributed by atoms with Crippen molar-refractivity contribution in [1.82, 2.24) is 10.9 Å². The first-order chi connectivity index (χ1) is 15.4. The molecule has 0 aliphatic heterocycles. The molecule has 0 radical (unpaired) electrons. The molecule has 0 aromatic heterocycles. The monoisotopic (exact) mass is 444 g/mol. The van der Waals surface area contributed by atoms with Gasteiger partial charge in [0.15, 0.2) is 11.5 Å². The molecule has 0 unspecified atom stereocenters. The topological polar surface area (TPSA) is 95.1 Å². The van der Waals surface area contributed by atoms with Gasteiger partial charge in [-0.2, -0.15) is 0 Å². The van der Waals surface area contributed by atoms with E-state index in [2.05, 4.69) is 24.7 Å². The number of carbonyl (C=O) groups excluding carboxylic acids is 2. The Morgan fingerprint density at radius 2 is 1.56 bits per heavy atom. The summed E-state index contributed by atoms with van der Waals surface area (Å²) < 4.78 is 21.7. The molecule has 2 aromatic rings. The van der Waals surface area contributed by atoms with Gasteiger partial charge in [0.25, 0.3) is 5.91 Å². The number of hydrogen-bond acceptors (Lipinski definition) is 6. The molecule has 0 bridgehead atoms. The summed E-state index contributed by atoms with van der Waals surface area (Å²) in [4.78, 5) is 24.3. The number of carbonyl (C=O) groups is 2. The average molecular weight is 445 g/mol. The SMILES string of the molecule is COc1ccc(OCCCC(=O)NNC(=O)c2ccc(OCCC(C)C)c(OC)c2)cc1. The van der Waals surface area contributed by atoms with Crippen LogP contribution in [-0.2, 0) is 4.79 Å². The van der Waals surface area contributed by atoms with E-state index in [1.807, 2.05) is 0 Å². The van der Waals surface area contributed by atoms with Gasteiger partial charge in [-0.25, -0.2) is 0 Å². The Kier molecular flexibility index (Phi) is 10.2. The lowest BCUT2D eigenvalue weighted by atomic mass is 10.1. The molecule has 0 spiro atoms. The first kappa shape index (κ1) is 24.8. The van der Waals surface area contributed by atoms with Gasteiger partial charge in [0, 0.05) is 12.0 Å². The Bertz CT molecular complexity index is 867. The lowest BCUT2D eigenvalue weighted by Crippen LogP contribution is -2.41. The zero-order chi connectivity index (χ0) is 23.3. The summed E-state index contributed by atoms with van der Waals surface area (Å²) in [5.74, 6) is 2.26. The molecule has 0 aliphatic carbocycles. The van der Waals surface area contributed by atoms with Gasteiger partial charge in [-0.3, -0.25) is 20.4 Å². The van der Waals surface area contributed by atoms with E-state index in [9.17, 15) is 9.59 Å². The molecule has 0 heterocycles. The summed E-state index contributed by atoms with van der Waals surface area (Å²) in [6.45, 7) is 5.19. The van der Waals surface area contributed by atoms with Gasteiger partial charge in [-0.15, -0.1) is 0 Å². The first-order valence-corrected chi connectivity index (χ1v) is 10.6. The molecular formula is C24H32N2O6. The third-order valence-electron chi connectivity index (χ3n) is 4.57. The summed E-state index contributed by atoms with van der Waals surface area (Å²) in [5, 5.41) is 0. The van der Waals surface area contributed by atoms with E-state index in [1.165, 1.54) is 7.11 Å². The van der Waals surface area contributed by atoms with Gasteiger partial charge < -0.3 is 18.9 Å². The fourth-order valence-electron chi connectivity index (χ4n) is 2.69. The Hall–Kier alpha value is -3.42. The number of hydrogen-bond donors (Lipinski definition) is 2. The van der Waals surface area contributed by atoms with Gasteiger partial charge in [-0.1, -0.05) is 13.8 Å². The van der Waals surface area contributed by atoms with Crippen molar-refractivity contribution in [3.8, 4) is 23.0 Å². The summed E-state index contributed by atoms with van der Waals surface area (Å²) in [5.41, 5.74) is 5.17. The Balaban J connectivity index is 1.73. The Morgan fingerprint density at radius 3 is 2.22 bits per heavy atom. The van der Waals surface area contributed by atoms with Crippen molar-refractivity contribution in [2.75, 3.05) is 27.4 Å². The highest BCUT2D eigenvalue weighted by Gasteiger charge is 2.12. The minimum absolute atomic E-state index is 0.211. The van der Waals surface area contributed by atoms with Gasteiger partial charge in [-0.05, 0) is 61.2 Å². The fourth-order valence-corrected chi connectivity index (χ4v) is 2.69. The molecule has 0 aliphatic rings. The van der Waals surface area contributed by atoms with E-state index in [1.54, 1.807) is 49.6 Å². The molecule has 2 amide bonds. The van der Waals surface area contributed by atoms with Crippen LogP contribution in [-0.4, -0.2) is 39.2 Å². The van der Waals surface area contributed by atoms with Crippen LogP contribution in [0.3, 0.4) is 0 Å². The largest absolute Gasteiger partial charge is 0.497 e. The number of benzene rings is 2. The van der Waals surface area contributed by atoms with E-state index in [4.69, 9.17) is 18.9 Å². The fraction of sp³-hybridized carbons (Fsp3) is 0.417. The van der Waals surface area contributed by atoms with Crippen molar-refractivity contribution in [3.63, 3.8) is 0 Å².